The van der Waals surface area contributed by atoms with Crippen molar-refractivity contribution in [3.8, 4) is 0 Å². The van der Waals surface area contributed by atoms with Crippen LogP contribution in [0.25, 0.3) is 0 Å². The molecule has 0 aliphatic heterocycles. The Balaban J connectivity index is 1.75. The molecular weight excluding hydrogens is 278 g/mol. The number of aliphatic hydroxyl groups excluding tert-OH is 1. The van der Waals surface area contributed by atoms with Crippen molar-refractivity contribution in [3.63, 3.8) is 0 Å². The molecule has 0 radical (unpaired) electrons. The average molecular weight is 299 g/mol. The minimum atomic E-state index is -0.0210. The Morgan fingerprint density at radius 3 is 2.80 bits per heavy atom. The van der Waals surface area contributed by atoms with Crippen molar-refractivity contribution in [2.24, 2.45) is 0 Å². The van der Waals surface area contributed by atoms with Crippen LogP contribution in [0.2, 0.25) is 0 Å². The smallest absolute Gasteiger partial charge is 0.230 e. The van der Waals surface area contributed by atoms with Gasteiger partial charge in [-0.25, -0.2) is 4.68 Å². The first-order valence-electron chi connectivity index (χ1n) is 7.09. The summed E-state index contributed by atoms with van der Waals surface area (Å²) in [5.41, 5.74) is 0. The molecule has 20 heavy (non-hydrogen) atoms. The van der Waals surface area contributed by atoms with Crippen LogP contribution in [0.1, 0.15) is 38.5 Å². The van der Waals surface area contributed by atoms with Crippen LogP contribution in [0, 0.1) is 0 Å². The fourth-order valence-electron chi connectivity index (χ4n) is 2.36. The maximum Gasteiger partial charge on any atom is 0.230 e. The van der Waals surface area contributed by atoms with E-state index < -0.39 is 0 Å². The second-order valence-corrected chi connectivity index (χ2v) is 5.90. The molecule has 0 bridgehead atoms. The van der Waals surface area contributed by atoms with E-state index in [1.54, 1.807) is 0 Å². The normalized spacial score (nSPS) is 16.9. The molecule has 1 aliphatic rings. The SMILES string of the molecule is O=C(CSc1nnnn1CCO)NC1CCCCCC1. The first-order chi connectivity index (χ1) is 9.79. The van der Waals surface area contributed by atoms with Crippen LogP contribution in [0.3, 0.4) is 0 Å². The molecule has 2 rings (SSSR count). The third-order valence-corrected chi connectivity index (χ3v) is 4.32. The predicted molar refractivity (Wildman–Crippen MR) is 75.3 cm³/mol. The number of rotatable bonds is 6. The van der Waals surface area contributed by atoms with Crippen LogP contribution in [-0.2, 0) is 11.3 Å². The van der Waals surface area contributed by atoms with Crippen molar-refractivity contribution < 1.29 is 9.90 Å². The molecule has 1 aliphatic carbocycles. The van der Waals surface area contributed by atoms with E-state index in [9.17, 15) is 4.79 Å². The van der Waals surface area contributed by atoms with Crippen LogP contribution in [0.4, 0.5) is 0 Å². The molecule has 0 unspecified atom stereocenters. The van der Waals surface area contributed by atoms with Crippen LogP contribution in [-0.4, -0.2) is 49.6 Å². The number of hydrogen-bond acceptors (Lipinski definition) is 6. The molecular formula is C12H21N5O2S. The maximum atomic E-state index is 11.9. The number of nitrogens with one attached hydrogen (secondary N) is 1. The first-order valence-corrected chi connectivity index (χ1v) is 8.07. The minimum absolute atomic E-state index is 0.0210. The zero-order valence-electron chi connectivity index (χ0n) is 11.5. The molecule has 0 atom stereocenters. The van der Waals surface area contributed by atoms with Crippen molar-refractivity contribution in [1.29, 1.82) is 0 Å². The summed E-state index contributed by atoms with van der Waals surface area (Å²) in [6, 6.07) is 0.319. The van der Waals surface area contributed by atoms with Crippen LogP contribution < -0.4 is 5.32 Å². The number of tetrazole rings is 1. The van der Waals surface area contributed by atoms with Gasteiger partial charge >= 0.3 is 0 Å². The Kier molecular flexibility index (Phi) is 6.25. The van der Waals surface area contributed by atoms with Gasteiger partial charge < -0.3 is 10.4 Å². The van der Waals surface area contributed by atoms with E-state index in [1.165, 1.54) is 42.1 Å². The molecule has 0 aromatic carbocycles. The molecule has 2 N–H and O–H groups in total. The summed E-state index contributed by atoms with van der Waals surface area (Å²) < 4.78 is 1.50. The number of thioether (sulfide) groups is 1. The zero-order valence-corrected chi connectivity index (χ0v) is 12.3. The van der Waals surface area contributed by atoms with Gasteiger partial charge in [-0.05, 0) is 23.3 Å². The second kappa shape index (κ2) is 8.21. The Bertz CT molecular complexity index is 418. The van der Waals surface area contributed by atoms with Gasteiger partial charge in [-0.15, -0.1) is 5.10 Å². The number of aliphatic hydroxyl groups is 1. The first kappa shape index (κ1) is 15.2. The van der Waals surface area contributed by atoms with E-state index in [4.69, 9.17) is 5.11 Å². The summed E-state index contributed by atoms with van der Waals surface area (Å²) in [6.45, 7) is 0.326. The van der Waals surface area contributed by atoms with Crippen LogP contribution in [0.5, 0.6) is 0 Å². The number of hydrogen-bond donors (Lipinski definition) is 2. The lowest BCUT2D eigenvalue weighted by atomic mass is 10.1. The summed E-state index contributed by atoms with van der Waals surface area (Å²) in [4.78, 5) is 11.9. The fraction of sp³-hybridized carbons (Fsp3) is 0.833. The molecule has 0 spiro atoms. The highest BCUT2D eigenvalue weighted by atomic mass is 32.2. The highest BCUT2D eigenvalue weighted by Gasteiger charge is 2.15. The van der Waals surface area contributed by atoms with Gasteiger partial charge in [-0.3, -0.25) is 4.79 Å². The maximum absolute atomic E-state index is 11.9. The van der Waals surface area contributed by atoms with Crippen molar-refractivity contribution in [2.75, 3.05) is 12.4 Å². The third kappa shape index (κ3) is 4.75. The van der Waals surface area contributed by atoms with E-state index in [-0.39, 0.29) is 12.5 Å². The van der Waals surface area contributed by atoms with Gasteiger partial charge in [0.05, 0.1) is 18.9 Å². The molecule has 8 heteroatoms. The minimum Gasteiger partial charge on any atom is -0.394 e. The van der Waals surface area contributed by atoms with Crippen molar-refractivity contribution in [2.45, 2.75) is 56.3 Å². The molecule has 0 saturated heterocycles. The van der Waals surface area contributed by atoms with Crippen molar-refractivity contribution in [3.05, 3.63) is 0 Å². The van der Waals surface area contributed by atoms with E-state index in [0.717, 1.165) is 12.8 Å². The molecule has 1 heterocycles. The largest absolute Gasteiger partial charge is 0.394 e. The zero-order chi connectivity index (χ0) is 14.2. The molecule has 1 amide bonds. The lowest BCUT2D eigenvalue weighted by molar-refractivity contribution is -0.119. The van der Waals surface area contributed by atoms with Gasteiger partial charge in [0, 0.05) is 6.04 Å². The van der Waals surface area contributed by atoms with Gasteiger partial charge in [0.2, 0.25) is 11.1 Å². The number of carbonyl (C=O) groups is 1. The summed E-state index contributed by atoms with van der Waals surface area (Å²) in [6.07, 6.45) is 7.12. The monoisotopic (exact) mass is 299 g/mol. The summed E-state index contributed by atoms with van der Waals surface area (Å²) in [5, 5.41) is 23.7. The van der Waals surface area contributed by atoms with E-state index in [1.807, 2.05) is 0 Å². The van der Waals surface area contributed by atoms with E-state index in [0.29, 0.717) is 23.5 Å². The van der Waals surface area contributed by atoms with E-state index >= 15 is 0 Å². The summed E-state index contributed by atoms with van der Waals surface area (Å²) in [5.74, 6) is 0.336. The number of carbonyl (C=O) groups excluding carboxylic acids is 1. The molecule has 1 aromatic heterocycles. The third-order valence-electron chi connectivity index (χ3n) is 3.36. The fourth-order valence-corrected chi connectivity index (χ4v) is 3.07. The number of aromatic nitrogens is 4. The average Bonchev–Trinajstić information content (AvgIpc) is 2.71. The predicted octanol–water partition coefficient (Wildman–Crippen LogP) is 0.596. The van der Waals surface area contributed by atoms with Crippen LogP contribution >= 0.6 is 11.8 Å². The summed E-state index contributed by atoms with van der Waals surface area (Å²) >= 11 is 1.30. The van der Waals surface area contributed by atoms with Gasteiger partial charge in [0.25, 0.3) is 0 Å². The number of amides is 1. The van der Waals surface area contributed by atoms with E-state index in [2.05, 4.69) is 20.8 Å². The second-order valence-electron chi connectivity index (χ2n) is 4.95. The standard InChI is InChI=1S/C12H21N5O2S/c18-8-7-17-12(14-15-16-17)20-9-11(19)13-10-5-3-1-2-4-6-10/h10,18H,1-9H2,(H,13,19). The molecule has 112 valence electrons. The van der Waals surface area contributed by atoms with Crippen LogP contribution in [0.15, 0.2) is 5.16 Å². The van der Waals surface area contributed by atoms with Gasteiger partial charge in [-0.2, -0.15) is 0 Å². The van der Waals surface area contributed by atoms with Crippen molar-refractivity contribution >= 4 is 17.7 Å². The topological polar surface area (TPSA) is 92.9 Å². The quantitative estimate of drug-likeness (QED) is 0.590. The van der Waals surface area contributed by atoms with Gasteiger partial charge in [0.15, 0.2) is 0 Å². The summed E-state index contributed by atoms with van der Waals surface area (Å²) in [7, 11) is 0. The molecule has 1 fully saturated rings. The highest BCUT2D eigenvalue weighted by Crippen LogP contribution is 2.18. The molecule has 1 aromatic rings. The van der Waals surface area contributed by atoms with Gasteiger partial charge in [0.1, 0.15) is 0 Å². The van der Waals surface area contributed by atoms with Crippen molar-refractivity contribution in [1.82, 2.24) is 25.5 Å². The molecule has 1 saturated carbocycles. The Morgan fingerprint density at radius 2 is 2.10 bits per heavy atom. The lowest BCUT2D eigenvalue weighted by Gasteiger charge is -2.15. The Morgan fingerprint density at radius 1 is 1.35 bits per heavy atom. The molecule has 7 nitrogen and oxygen atoms in total. The lowest BCUT2D eigenvalue weighted by Crippen LogP contribution is -2.35. The highest BCUT2D eigenvalue weighted by molar-refractivity contribution is 7.99. The van der Waals surface area contributed by atoms with Gasteiger partial charge in [-0.1, -0.05) is 37.4 Å². The Hall–Kier alpha value is -1.15. The number of nitrogens with zero attached hydrogens (tertiary/aromatic N) is 4. The Labute approximate surface area is 122 Å².